The molecule has 2 N–H and O–H groups in total. The molecule has 3 aromatic rings. The summed E-state index contributed by atoms with van der Waals surface area (Å²) in [5.74, 6) is -3.23. The zero-order valence-corrected chi connectivity index (χ0v) is 25.3. The van der Waals surface area contributed by atoms with E-state index in [1.165, 1.54) is 45.3 Å². The lowest BCUT2D eigenvalue weighted by Crippen LogP contribution is -2.42. The number of carbonyl (C=O) groups is 2. The van der Waals surface area contributed by atoms with Gasteiger partial charge in [0.2, 0.25) is 11.8 Å². The van der Waals surface area contributed by atoms with E-state index in [9.17, 15) is 45.4 Å². The number of likely N-dealkylation sites (N-methyl/N-ethyl adjacent to an activating group) is 1. The summed E-state index contributed by atoms with van der Waals surface area (Å²) in [7, 11) is 1.31. The van der Waals surface area contributed by atoms with Crippen molar-refractivity contribution < 1.29 is 45.4 Å². The van der Waals surface area contributed by atoms with Gasteiger partial charge in [-0.2, -0.15) is 26.3 Å². The number of nitrogens with one attached hydrogen (secondary N) is 1. The van der Waals surface area contributed by atoms with E-state index in [1.807, 2.05) is 0 Å². The van der Waals surface area contributed by atoms with Crippen molar-refractivity contribution in [1.29, 1.82) is 0 Å². The zero-order chi connectivity index (χ0) is 33.9. The molecule has 1 aromatic heterocycles. The van der Waals surface area contributed by atoms with Gasteiger partial charge in [-0.1, -0.05) is 6.07 Å². The van der Waals surface area contributed by atoms with Crippen LogP contribution in [-0.4, -0.2) is 41.1 Å². The van der Waals surface area contributed by atoms with Gasteiger partial charge in [-0.25, -0.2) is 4.39 Å². The van der Waals surface area contributed by atoms with Gasteiger partial charge < -0.3 is 15.3 Å². The first kappa shape index (κ1) is 33.9. The van der Waals surface area contributed by atoms with Crippen molar-refractivity contribution >= 4 is 17.5 Å². The predicted molar refractivity (Wildman–Crippen MR) is 153 cm³/mol. The smallest absolute Gasteiger partial charge is 0.396 e. The average Bonchev–Trinajstić information content (AvgIpc) is 3.17. The lowest BCUT2D eigenvalue weighted by Gasteiger charge is -2.33. The van der Waals surface area contributed by atoms with Gasteiger partial charge in [-0.15, -0.1) is 0 Å². The highest BCUT2D eigenvalue weighted by molar-refractivity contribution is 6.03. The van der Waals surface area contributed by atoms with E-state index in [2.05, 4.69) is 10.3 Å². The molecule has 0 radical (unpaired) electrons. The summed E-state index contributed by atoms with van der Waals surface area (Å²) in [6.07, 6.45) is -8.91. The number of alkyl halides is 6. The van der Waals surface area contributed by atoms with Crippen molar-refractivity contribution in [1.82, 2.24) is 10.3 Å². The fraction of sp³-hybridized carbons (Fsp3) is 0.406. The Hall–Kier alpha value is -4.00. The maximum absolute atomic E-state index is 14.1. The summed E-state index contributed by atoms with van der Waals surface area (Å²) in [4.78, 5) is 32.2. The molecule has 0 aliphatic carbocycles. The van der Waals surface area contributed by atoms with Crippen LogP contribution >= 0.6 is 0 Å². The molecule has 0 bridgehead atoms. The highest BCUT2D eigenvalue weighted by atomic mass is 19.4. The van der Waals surface area contributed by atoms with Crippen molar-refractivity contribution in [2.24, 2.45) is 5.92 Å². The second-order valence-corrected chi connectivity index (χ2v) is 12.3. The number of aliphatic hydroxyl groups is 1. The predicted octanol–water partition coefficient (Wildman–Crippen LogP) is 6.77. The maximum Gasteiger partial charge on any atom is 0.416 e. The molecular weight excluding hydrogens is 607 g/mol. The molecular formula is C32H32F7N3O3. The van der Waals surface area contributed by atoms with Gasteiger partial charge in [0.25, 0.3) is 0 Å². The summed E-state index contributed by atoms with van der Waals surface area (Å²) >= 11 is 0. The minimum absolute atomic E-state index is 0.00438. The number of nitrogens with zero attached hydrogens (tertiary/aromatic N) is 2. The quantitative estimate of drug-likeness (QED) is 0.292. The number of rotatable bonds is 6. The number of aliphatic hydroxyl groups excluding tert-OH is 1. The van der Waals surface area contributed by atoms with Crippen LogP contribution < -0.4 is 10.2 Å². The third-order valence-corrected chi connectivity index (χ3v) is 8.37. The molecule has 1 aliphatic heterocycles. The summed E-state index contributed by atoms with van der Waals surface area (Å²) < 4.78 is 95.8. The van der Waals surface area contributed by atoms with Crippen LogP contribution in [0.5, 0.6) is 0 Å². The van der Waals surface area contributed by atoms with E-state index >= 15 is 0 Å². The lowest BCUT2D eigenvalue weighted by molar-refractivity contribution is -0.143. The first-order valence-electron chi connectivity index (χ1n) is 13.9. The third kappa shape index (κ3) is 6.40. The van der Waals surface area contributed by atoms with Crippen LogP contribution in [0.2, 0.25) is 0 Å². The maximum atomic E-state index is 14.1. The van der Waals surface area contributed by atoms with Crippen molar-refractivity contribution in [3.8, 4) is 11.1 Å². The second kappa shape index (κ2) is 11.4. The highest BCUT2D eigenvalue weighted by Crippen LogP contribution is 2.44. The van der Waals surface area contributed by atoms with Crippen LogP contribution in [0, 0.1) is 18.7 Å². The van der Waals surface area contributed by atoms with Crippen LogP contribution in [0.4, 0.5) is 36.4 Å². The Morgan fingerprint density at radius 2 is 1.51 bits per heavy atom. The Morgan fingerprint density at radius 1 is 0.956 bits per heavy atom. The Labute approximate surface area is 255 Å². The van der Waals surface area contributed by atoms with E-state index in [0.29, 0.717) is 34.5 Å². The van der Waals surface area contributed by atoms with Gasteiger partial charge in [0.15, 0.2) is 0 Å². The standard InChI is InChI=1S/C32H32F7N3O3/c1-16-9-20(33)7-8-21(16)22-13-24(26-23(15-43)27(44)41-30(26,4)5)40-14-25(22)42(6)28(45)29(2,3)17-10-18(31(34,35)36)12-19(11-17)32(37,38)39/h7-14,23,26,43H,15H2,1-6H3,(H,41,44). The fourth-order valence-electron chi connectivity index (χ4n) is 5.92. The molecule has 242 valence electrons. The summed E-state index contributed by atoms with van der Waals surface area (Å²) in [5, 5.41) is 12.8. The summed E-state index contributed by atoms with van der Waals surface area (Å²) in [6, 6.07) is 6.55. The van der Waals surface area contributed by atoms with E-state index < -0.39 is 70.2 Å². The topological polar surface area (TPSA) is 82.5 Å². The minimum Gasteiger partial charge on any atom is -0.396 e. The number of hydrogen-bond donors (Lipinski definition) is 2. The SMILES string of the molecule is Cc1cc(F)ccc1-c1cc(C2C(CO)C(=O)NC2(C)C)ncc1N(C)C(=O)C(C)(C)c1cc(C(F)(F)F)cc(C(F)(F)F)c1. The second-order valence-electron chi connectivity index (χ2n) is 12.3. The molecule has 1 aliphatic rings. The van der Waals surface area contributed by atoms with Gasteiger partial charge >= 0.3 is 12.4 Å². The van der Waals surface area contributed by atoms with E-state index in [0.717, 1.165) is 4.90 Å². The number of amides is 2. The number of hydrogen-bond acceptors (Lipinski definition) is 4. The van der Waals surface area contributed by atoms with Crippen LogP contribution in [0.25, 0.3) is 11.1 Å². The van der Waals surface area contributed by atoms with Gasteiger partial charge in [0.05, 0.1) is 41.0 Å². The Bertz CT molecular complexity index is 1620. The summed E-state index contributed by atoms with van der Waals surface area (Å²) in [6.45, 7) is 7.10. The third-order valence-electron chi connectivity index (χ3n) is 8.37. The molecule has 13 heteroatoms. The number of benzene rings is 2. The zero-order valence-electron chi connectivity index (χ0n) is 25.3. The minimum atomic E-state index is -5.11. The molecule has 4 rings (SSSR count). The number of anilines is 1. The molecule has 2 aromatic carbocycles. The van der Waals surface area contributed by atoms with E-state index in [-0.39, 0.29) is 17.7 Å². The number of aryl methyl sites for hydroxylation is 1. The number of halogens is 7. The number of carbonyl (C=O) groups excluding carboxylic acids is 2. The Kier molecular flexibility index (Phi) is 8.60. The molecule has 2 unspecified atom stereocenters. The van der Waals surface area contributed by atoms with Crippen LogP contribution in [0.1, 0.15) is 61.6 Å². The Balaban J connectivity index is 1.88. The molecule has 0 saturated carbocycles. The van der Waals surface area contributed by atoms with Crippen LogP contribution in [0.3, 0.4) is 0 Å². The van der Waals surface area contributed by atoms with Crippen molar-refractivity contribution in [3.63, 3.8) is 0 Å². The van der Waals surface area contributed by atoms with Gasteiger partial charge in [0.1, 0.15) is 5.82 Å². The monoisotopic (exact) mass is 639 g/mol. The molecule has 2 atom stereocenters. The normalized spacial score (nSPS) is 18.6. The van der Waals surface area contributed by atoms with E-state index in [4.69, 9.17) is 0 Å². The van der Waals surface area contributed by atoms with E-state index in [1.54, 1.807) is 26.8 Å². The lowest BCUT2D eigenvalue weighted by atomic mass is 9.79. The molecule has 1 saturated heterocycles. The first-order chi connectivity index (χ1) is 20.6. The highest BCUT2D eigenvalue weighted by Gasteiger charge is 2.49. The number of aromatic nitrogens is 1. The fourth-order valence-corrected chi connectivity index (χ4v) is 5.92. The average molecular weight is 640 g/mol. The largest absolute Gasteiger partial charge is 0.416 e. The van der Waals surface area contributed by atoms with Gasteiger partial charge in [-0.05, 0) is 87.7 Å². The van der Waals surface area contributed by atoms with Crippen LogP contribution in [-0.2, 0) is 27.4 Å². The number of pyridine rings is 1. The van der Waals surface area contributed by atoms with Crippen molar-refractivity contribution in [2.45, 2.75) is 63.8 Å². The molecule has 45 heavy (non-hydrogen) atoms. The molecule has 2 heterocycles. The van der Waals surface area contributed by atoms with Crippen molar-refractivity contribution in [2.75, 3.05) is 18.6 Å². The van der Waals surface area contributed by atoms with Gasteiger partial charge in [0, 0.05) is 29.8 Å². The molecule has 1 fully saturated rings. The van der Waals surface area contributed by atoms with Crippen LogP contribution in [0.15, 0.2) is 48.7 Å². The molecule has 2 amide bonds. The molecule has 0 spiro atoms. The van der Waals surface area contributed by atoms with Gasteiger partial charge in [-0.3, -0.25) is 14.6 Å². The summed E-state index contributed by atoms with van der Waals surface area (Å²) in [5.41, 5.74) is -4.58. The first-order valence-corrected chi connectivity index (χ1v) is 13.9. The molecule has 6 nitrogen and oxygen atoms in total. The Morgan fingerprint density at radius 3 is 2.02 bits per heavy atom. The van der Waals surface area contributed by atoms with Crippen molar-refractivity contribution in [3.05, 3.63) is 82.4 Å².